The van der Waals surface area contributed by atoms with Gasteiger partial charge < -0.3 is 18.9 Å². The first kappa shape index (κ1) is 24.9. The SMILES string of the molecule is CC(=O)OC[C@H]1O[C@H](Sc2cc(C)cnc2C#N)[C@H](OC(C)=O)[C@@H](N=[N+]=[N-])[C@H]1OC(C)=O. The van der Waals surface area contributed by atoms with Crippen LogP contribution in [0.3, 0.4) is 0 Å². The Balaban J connectivity index is 2.51. The molecule has 1 saturated heterocycles. The van der Waals surface area contributed by atoms with Crippen molar-refractivity contribution in [2.24, 2.45) is 5.11 Å². The van der Waals surface area contributed by atoms with E-state index in [-0.39, 0.29) is 12.3 Å². The van der Waals surface area contributed by atoms with Crippen LogP contribution in [0.4, 0.5) is 0 Å². The summed E-state index contributed by atoms with van der Waals surface area (Å²) in [5.41, 5.74) is 9.00. The number of ether oxygens (including phenoxy) is 4. The molecule has 0 aromatic carbocycles. The number of hydrogen-bond donors (Lipinski definition) is 0. The average Bonchev–Trinajstić information content (AvgIpc) is 2.70. The maximum absolute atomic E-state index is 11.8. The molecule has 5 atom stereocenters. The normalized spacial score (nSPS) is 24.4. The molecule has 32 heavy (non-hydrogen) atoms. The predicted octanol–water partition coefficient (Wildman–Crippen LogP) is 2.18. The number of carbonyl (C=O) groups excluding carboxylic acids is 3. The van der Waals surface area contributed by atoms with Crippen LogP contribution in [-0.4, -0.2) is 59.3 Å². The number of nitrogens with zero attached hydrogens (tertiary/aromatic N) is 5. The van der Waals surface area contributed by atoms with Gasteiger partial charge in [0.2, 0.25) is 0 Å². The first-order chi connectivity index (χ1) is 15.2. The summed E-state index contributed by atoms with van der Waals surface area (Å²) in [5.74, 6) is -1.99. The Morgan fingerprint density at radius 3 is 2.47 bits per heavy atom. The summed E-state index contributed by atoms with van der Waals surface area (Å²) in [6.07, 6.45) is -1.89. The lowest BCUT2D eigenvalue weighted by Gasteiger charge is -2.43. The van der Waals surface area contributed by atoms with Gasteiger partial charge in [-0.2, -0.15) is 5.26 Å². The maximum Gasteiger partial charge on any atom is 0.303 e. The van der Waals surface area contributed by atoms with Crippen molar-refractivity contribution >= 4 is 29.7 Å². The molecule has 1 aromatic rings. The third-order valence-electron chi connectivity index (χ3n) is 4.20. The van der Waals surface area contributed by atoms with Crippen LogP contribution in [0.15, 0.2) is 22.3 Å². The van der Waals surface area contributed by atoms with Gasteiger partial charge in [-0.25, -0.2) is 4.98 Å². The van der Waals surface area contributed by atoms with Crippen molar-refractivity contribution in [3.63, 3.8) is 0 Å². The molecule has 12 nitrogen and oxygen atoms in total. The quantitative estimate of drug-likeness (QED) is 0.192. The highest BCUT2D eigenvalue weighted by Gasteiger charge is 2.50. The van der Waals surface area contributed by atoms with Crippen LogP contribution in [-0.2, 0) is 33.3 Å². The minimum atomic E-state index is -1.20. The molecule has 1 fully saturated rings. The summed E-state index contributed by atoms with van der Waals surface area (Å²) in [7, 11) is 0. The number of rotatable bonds is 7. The van der Waals surface area contributed by atoms with E-state index < -0.39 is 47.7 Å². The molecule has 0 aliphatic carbocycles. The summed E-state index contributed by atoms with van der Waals surface area (Å²) in [6.45, 7) is 4.98. The van der Waals surface area contributed by atoms with Gasteiger partial charge in [0, 0.05) is 36.8 Å². The number of azide groups is 1. The molecule has 0 N–H and O–H groups in total. The zero-order chi connectivity index (χ0) is 23.8. The number of thioether (sulfide) groups is 1. The van der Waals surface area contributed by atoms with E-state index in [0.29, 0.717) is 4.90 Å². The third kappa shape index (κ3) is 6.58. The first-order valence-electron chi connectivity index (χ1n) is 9.37. The molecule has 0 saturated carbocycles. The summed E-state index contributed by atoms with van der Waals surface area (Å²) >= 11 is 1.02. The Morgan fingerprint density at radius 1 is 1.25 bits per heavy atom. The van der Waals surface area contributed by atoms with E-state index in [1.54, 1.807) is 13.0 Å². The summed E-state index contributed by atoms with van der Waals surface area (Å²) in [6, 6.07) is 2.48. The fourth-order valence-electron chi connectivity index (χ4n) is 3.01. The standard InChI is InChI=1S/C19H21N5O7S/c1-9-5-15(13(6-20)22-7-9)32-19-18(30-12(4)27)16(23-24-21)17(29-11(3)26)14(31-19)8-28-10(2)25/h5,7,14,16-19H,8H2,1-4H3/t14-,16+,17+,18-,19-/m1/s1. The predicted molar refractivity (Wildman–Crippen MR) is 109 cm³/mol. The van der Waals surface area contributed by atoms with Gasteiger partial charge in [-0.1, -0.05) is 16.9 Å². The molecule has 1 aromatic heterocycles. The monoisotopic (exact) mass is 463 g/mol. The first-order valence-corrected chi connectivity index (χ1v) is 10.2. The largest absolute Gasteiger partial charge is 0.463 e. The van der Waals surface area contributed by atoms with E-state index in [9.17, 15) is 19.6 Å². The number of aromatic nitrogens is 1. The summed E-state index contributed by atoms with van der Waals surface area (Å²) in [5, 5.41) is 13.1. The van der Waals surface area contributed by atoms with Crippen molar-refractivity contribution in [3.05, 3.63) is 34.0 Å². The van der Waals surface area contributed by atoms with E-state index in [1.165, 1.54) is 13.1 Å². The molecule has 170 valence electrons. The lowest BCUT2D eigenvalue weighted by Crippen LogP contribution is -2.59. The second kappa shape index (κ2) is 11.3. The van der Waals surface area contributed by atoms with Gasteiger partial charge in [0.25, 0.3) is 0 Å². The molecule has 0 bridgehead atoms. The van der Waals surface area contributed by atoms with Gasteiger partial charge in [0.1, 0.15) is 42.5 Å². The molecule has 13 heteroatoms. The van der Waals surface area contributed by atoms with E-state index in [1.807, 2.05) is 6.07 Å². The minimum Gasteiger partial charge on any atom is -0.463 e. The second-order valence-electron chi connectivity index (χ2n) is 6.78. The van der Waals surface area contributed by atoms with Gasteiger partial charge >= 0.3 is 17.9 Å². The lowest BCUT2D eigenvalue weighted by atomic mass is 9.97. The fraction of sp³-hybridized carbons (Fsp3) is 0.526. The van der Waals surface area contributed by atoms with E-state index in [2.05, 4.69) is 15.0 Å². The minimum absolute atomic E-state index is 0.116. The smallest absolute Gasteiger partial charge is 0.303 e. The van der Waals surface area contributed by atoms with Crippen LogP contribution >= 0.6 is 11.8 Å². The zero-order valence-electron chi connectivity index (χ0n) is 17.8. The Labute approximate surface area is 187 Å². The van der Waals surface area contributed by atoms with Gasteiger partial charge in [0.05, 0.1) is 0 Å². The molecule has 0 unspecified atom stereocenters. The highest BCUT2D eigenvalue weighted by Crippen LogP contribution is 2.38. The topological polar surface area (TPSA) is 174 Å². The van der Waals surface area contributed by atoms with Gasteiger partial charge in [-0.05, 0) is 24.1 Å². The van der Waals surface area contributed by atoms with Crippen molar-refractivity contribution in [1.82, 2.24) is 4.98 Å². The zero-order valence-corrected chi connectivity index (χ0v) is 18.6. The molecule has 0 spiro atoms. The van der Waals surface area contributed by atoms with Crippen molar-refractivity contribution in [1.29, 1.82) is 5.26 Å². The molecule has 0 radical (unpaired) electrons. The maximum atomic E-state index is 11.8. The van der Waals surface area contributed by atoms with Crippen LogP contribution in [0.2, 0.25) is 0 Å². The van der Waals surface area contributed by atoms with Crippen LogP contribution < -0.4 is 0 Å². The van der Waals surface area contributed by atoms with E-state index in [0.717, 1.165) is 31.2 Å². The number of pyridine rings is 1. The molecule has 1 aliphatic rings. The molecular weight excluding hydrogens is 442 g/mol. The molecule has 2 rings (SSSR count). The molecular formula is C19H21N5O7S. The highest BCUT2D eigenvalue weighted by molar-refractivity contribution is 7.99. The van der Waals surface area contributed by atoms with Crippen LogP contribution in [0.5, 0.6) is 0 Å². The van der Waals surface area contributed by atoms with Gasteiger partial charge in [0.15, 0.2) is 5.69 Å². The number of aryl methyl sites for hydroxylation is 1. The van der Waals surface area contributed by atoms with Crippen molar-refractivity contribution in [2.75, 3.05) is 6.61 Å². The average molecular weight is 463 g/mol. The summed E-state index contributed by atoms with van der Waals surface area (Å²) < 4.78 is 21.7. The Morgan fingerprint density at radius 2 is 1.91 bits per heavy atom. The number of hydrogen-bond acceptors (Lipinski definition) is 11. The number of nitriles is 1. The molecule has 0 amide bonds. The van der Waals surface area contributed by atoms with Gasteiger partial charge in [-0.15, -0.1) is 0 Å². The third-order valence-corrected chi connectivity index (χ3v) is 5.37. The van der Waals surface area contributed by atoms with Crippen molar-refractivity contribution < 1.29 is 33.3 Å². The highest BCUT2D eigenvalue weighted by atomic mass is 32.2. The molecule has 2 heterocycles. The number of carbonyl (C=O) groups is 3. The summed E-state index contributed by atoms with van der Waals surface area (Å²) in [4.78, 5) is 42.1. The fourth-order valence-corrected chi connectivity index (χ4v) is 4.27. The van der Waals surface area contributed by atoms with Crippen LogP contribution in [0, 0.1) is 18.3 Å². The van der Waals surface area contributed by atoms with Crippen molar-refractivity contribution in [2.45, 2.75) is 62.4 Å². The van der Waals surface area contributed by atoms with Crippen LogP contribution in [0.25, 0.3) is 10.4 Å². The van der Waals surface area contributed by atoms with Crippen molar-refractivity contribution in [3.8, 4) is 6.07 Å². The lowest BCUT2D eigenvalue weighted by molar-refractivity contribution is -0.201. The van der Waals surface area contributed by atoms with E-state index >= 15 is 0 Å². The number of esters is 3. The Kier molecular flexibility index (Phi) is 8.83. The van der Waals surface area contributed by atoms with Gasteiger partial charge in [-0.3, -0.25) is 14.4 Å². The van der Waals surface area contributed by atoms with Crippen LogP contribution in [0.1, 0.15) is 32.0 Å². The Hall–Kier alpha value is -3.33. The second-order valence-corrected chi connectivity index (χ2v) is 7.92. The van der Waals surface area contributed by atoms with E-state index in [4.69, 9.17) is 24.5 Å². The Bertz CT molecular complexity index is 975. The molecule has 1 aliphatic heterocycles.